The molecular weight excluding hydrogens is 663 g/mol. The Morgan fingerprint density at radius 3 is 2.27 bits per heavy atom. The van der Waals surface area contributed by atoms with Gasteiger partial charge in [-0.1, -0.05) is 33.4 Å². The maximum Gasteiger partial charge on any atom is 0.263 e. The van der Waals surface area contributed by atoms with E-state index in [9.17, 15) is 8.42 Å². The van der Waals surface area contributed by atoms with Crippen molar-refractivity contribution in [1.82, 2.24) is 4.98 Å². The van der Waals surface area contributed by atoms with Gasteiger partial charge in [0.25, 0.3) is 10.0 Å². The van der Waals surface area contributed by atoms with Gasteiger partial charge in [-0.05, 0) is 43.0 Å². The van der Waals surface area contributed by atoms with E-state index < -0.39 is 10.0 Å². The third kappa shape index (κ3) is 17.3. The third-order valence-electron chi connectivity index (χ3n) is 3.16. The number of anilines is 1. The summed E-state index contributed by atoms with van der Waals surface area (Å²) >= 11 is 0. The third-order valence-corrected chi connectivity index (χ3v) is 4.56. The minimum Gasteiger partial charge on any atom is -0.358 e. The first kappa shape index (κ1) is 43.3. The van der Waals surface area contributed by atoms with Crippen LogP contribution in [0.2, 0.25) is 0 Å². The fourth-order valence-corrected chi connectivity index (χ4v) is 2.87. The van der Waals surface area contributed by atoms with Crippen LogP contribution in [0.3, 0.4) is 0 Å². The zero-order chi connectivity index (χ0) is 21.0. The predicted octanol–water partition coefficient (Wildman–Crippen LogP) is 6.61. The number of azo groups is 1. The number of hydrogen-bond acceptors (Lipinski definition) is 5. The second kappa shape index (κ2) is 24.0. The summed E-state index contributed by atoms with van der Waals surface area (Å²) in [6, 6.07) is 13.4. The van der Waals surface area contributed by atoms with E-state index in [0.717, 1.165) is 5.56 Å². The molecule has 0 atom stereocenters. The molecule has 2 aromatic rings. The molecule has 1 aromatic carbocycles. The first-order valence-electron chi connectivity index (χ1n) is 8.75. The topological polar surface area (TPSA) is 83.8 Å². The Bertz CT molecular complexity index is 978. The summed E-state index contributed by atoms with van der Waals surface area (Å²) in [6.45, 7) is 11.2. The molecule has 0 fully saturated rings. The molecule has 0 saturated heterocycles. The van der Waals surface area contributed by atoms with E-state index >= 15 is 0 Å². The van der Waals surface area contributed by atoms with Gasteiger partial charge in [0.2, 0.25) is 0 Å². The Kier molecular flexibility index (Phi) is 31.5. The summed E-state index contributed by atoms with van der Waals surface area (Å²) in [5.41, 5.74) is 2.21. The summed E-state index contributed by atoms with van der Waals surface area (Å²) in [6.07, 6.45) is 5.72. The zero-order valence-corrected chi connectivity index (χ0v) is 29.6. The van der Waals surface area contributed by atoms with Gasteiger partial charge in [0, 0.05) is 104 Å². The molecule has 173 valence electrons. The quantitative estimate of drug-likeness (QED) is 0.201. The number of hydrogen-bond donors (Lipinski definition) is 1. The van der Waals surface area contributed by atoms with Crippen molar-refractivity contribution in [3.05, 3.63) is 104 Å². The molecular formula is C23H31N4O2SY3-3. The summed E-state index contributed by atoms with van der Waals surface area (Å²) in [4.78, 5) is 3.95. The summed E-state index contributed by atoms with van der Waals surface area (Å²) in [5.74, 6) is 0.233. The number of aromatic nitrogens is 1. The predicted molar refractivity (Wildman–Crippen MR) is 128 cm³/mol. The number of nitrogens with zero attached hydrogens (tertiary/aromatic N) is 3. The standard InChI is InChI=1S/C19H19N4O2S.C2H6.2CH3.3Y/c1-4-18(26(24,25)23-19-10-5-6-13-20-19)12-11-16(3)21-22-17-9-7-8-15(2)14-17;1-2;;;;;/h4-7,9-14H,1H2,2-3H3,(H,20,23);1-2H3;2*1H3;;;/q-1;;2*-1;;;/b16-11+,18-12+,22-21?;;;;;;. The van der Waals surface area contributed by atoms with Crippen molar-refractivity contribution < 1.29 is 107 Å². The molecule has 0 spiro atoms. The molecule has 6 nitrogen and oxygen atoms in total. The van der Waals surface area contributed by atoms with Crippen LogP contribution in [0.15, 0.2) is 88.2 Å². The second-order valence-corrected chi connectivity index (χ2v) is 7.01. The van der Waals surface area contributed by atoms with Crippen LogP contribution >= 0.6 is 0 Å². The fraction of sp³-hybridized carbons (Fsp3) is 0.174. The van der Waals surface area contributed by atoms with Crippen molar-refractivity contribution in [2.24, 2.45) is 10.2 Å². The first-order valence-corrected chi connectivity index (χ1v) is 10.2. The van der Waals surface area contributed by atoms with Crippen molar-refractivity contribution in [3.63, 3.8) is 0 Å². The molecule has 0 aliphatic rings. The number of rotatable bonds is 7. The van der Waals surface area contributed by atoms with E-state index in [4.69, 9.17) is 0 Å². The number of benzene rings is 1. The Morgan fingerprint density at radius 1 is 1.12 bits per heavy atom. The molecule has 1 aromatic heterocycles. The van der Waals surface area contributed by atoms with Crippen molar-refractivity contribution in [1.29, 1.82) is 0 Å². The fourth-order valence-electron chi connectivity index (χ4n) is 1.89. The SMILES string of the molecule is C=C/C(=C\C=C(/C)N=Nc1cc[c-]c(C)c1)S(=O)(=O)Nc1ccccn1.CC.[CH3-].[CH3-].[Y].[Y].[Y]. The number of pyridine rings is 1. The molecule has 33 heavy (non-hydrogen) atoms. The molecule has 2 rings (SSSR count). The van der Waals surface area contributed by atoms with E-state index in [1.54, 1.807) is 43.3 Å². The van der Waals surface area contributed by atoms with Gasteiger partial charge in [-0.25, -0.2) is 13.4 Å². The zero-order valence-electron chi connectivity index (χ0n) is 20.3. The summed E-state index contributed by atoms with van der Waals surface area (Å²) in [5, 5.41) is 8.18. The van der Waals surface area contributed by atoms with Gasteiger partial charge in [0.15, 0.2) is 0 Å². The Balaban J connectivity index is -0.000000363. The van der Waals surface area contributed by atoms with Gasteiger partial charge < -0.3 is 14.9 Å². The summed E-state index contributed by atoms with van der Waals surface area (Å²) < 4.78 is 27.2. The van der Waals surface area contributed by atoms with E-state index in [2.05, 4.69) is 32.6 Å². The molecule has 10 heteroatoms. The second-order valence-electron chi connectivity index (χ2n) is 5.33. The smallest absolute Gasteiger partial charge is 0.263 e. The average molecular weight is 694 g/mol. The molecule has 0 aliphatic heterocycles. The van der Waals surface area contributed by atoms with Crippen LogP contribution in [-0.4, -0.2) is 13.4 Å². The Hall–Kier alpha value is 0.252. The maximum atomic E-state index is 12.4. The van der Waals surface area contributed by atoms with Gasteiger partial charge in [-0.2, -0.15) is 27.9 Å². The number of aryl methyl sites for hydroxylation is 1. The molecule has 0 amide bonds. The van der Waals surface area contributed by atoms with Gasteiger partial charge in [0.1, 0.15) is 5.82 Å². The van der Waals surface area contributed by atoms with Gasteiger partial charge in [0.05, 0.1) is 10.6 Å². The Morgan fingerprint density at radius 2 is 1.76 bits per heavy atom. The van der Waals surface area contributed by atoms with Crippen LogP contribution in [0.5, 0.6) is 0 Å². The molecule has 3 radical (unpaired) electrons. The minimum atomic E-state index is -3.78. The molecule has 1 N–H and O–H groups in total. The largest absolute Gasteiger partial charge is 0.358 e. The average Bonchev–Trinajstić information content (AvgIpc) is 2.68. The van der Waals surface area contributed by atoms with Crippen LogP contribution < -0.4 is 4.72 Å². The normalized spacial score (nSPS) is 10.4. The first-order chi connectivity index (χ1) is 13.4. The molecule has 0 saturated carbocycles. The van der Waals surface area contributed by atoms with E-state index in [-0.39, 0.29) is 124 Å². The summed E-state index contributed by atoms with van der Waals surface area (Å²) in [7, 11) is -3.78. The van der Waals surface area contributed by atoms with Crippen LogP contribution in [0.25, 0.3) is 0 Å². The molecule has 0 aliphatic carbocycles. The van der Waals surface area contributed by atoms with Crippen LogP contribution in [0.4, 0.5) is 11.5 Å². The number of allylic oxidation sites excluding steroid dienone is 4. The monoisotopic (exact) mass is 694 g/mol. The van der Waals surface area contributed by atoms with Crippen molar-refractivity contribution in [3.8, 4) is 0 Å². The van der Waals surface area contributed by atoms with Gasteiger partial charge in [-0.3, -0.25) is 4.72 Å². The molecule has 1 heterocycles. The Labute approximate surface area is 276 Å². The van der Waals surface area contributed by atoms with Crippen LogP contribution in [0, 0.1) is 27.8 Å². The van der Waals surface area contributed by atoms with Crippen molar-refractivity contribution in [2.75, 3.05) is 4.72 Å². The maximum absolute atomic E-state index is 12.4. The number of nitrogens with one attached hydrogen (secondary N) is 1. The van der Waals surface area contributed by atoms with E-state index in [0.29, 0.717) is 11.4 Å². The minimum absolute atomic E-state index is 0. The number of sulfonamides is 1. The van der Waals surface area contributed by atoms with Crippen molar-refractivity contribution in [2.45, 2.75) is 27.7 Å². The van der Waals surface area contributed by atoms with Crippen molar-refractivity contribution >= 4 is 21.5 Å². The van der Waals surface area contributed by atoms with E-state index in [1.165, 1.54) is 18.3 Å². The van der Waals surface area contributed by atoms with Crippen LogP contribution in [-0.2, 0) is 108 Å². The van der Waals surface area contributed by atoms with Crippen LogP contribution in [0.1, 0.15) is 26.3 Å². The van der Waals surface area contributed by atoms with E-state index in [1.807, 2.05) is 26.8 Å². The molecule has 0 unspecified atom stereocenters. The van der Waals surface area contributed by atoms with Gasteiger partial charge in [-0.15, -0.1) is 12.1 Å². The molecule has 0 bridgehead atoms. The van der Waals surface area contributed by atoms with Gasteiger partial charge >= 0.3 is 0 Å².